The van der Waals surface area contributed by atoms with Gasteiger partial charge in [-0.3, -0.25) is 0 Å². The maximum absolute atomic E-state index is 11.7. The fourth-order valence-corrected chi connectivity index (χ4v) is 0.767. The van der Waals surface area contributed by atoms with Crippen LogP contribution in [0.3, 0.4) is 0 Å². The van der Waals surface area contributed by atoms with Crippen LogP contribution in [0.25, 0.3) is 0 Å². The van der Waals surface area contributed by atoms with Crippen molar-refractivity contribution in [2.24, 2.45) is 0 Å². The second kappa shape index (κ2) is 5.85. The molecule has 0 saturated heterocycles. The van der Waals surface area contributed by atoms with Crippen LogP contribution in [0.2, 0.25) is 0 Å². The third-order valence-electron chi connectivity index (χ3n) is 1.51. The van der Waals surface area contributed by atoms with Gasteiger partial charge in [0.2, 0.25) is 0 Å². The lowest BCUT2D eigenvalue weighted by molar-refractivity contribution is -0.154. The Balaban J connectivity index is 3.50. The molecule has 0 aromatic rings. The lowest BCUT2D eigenvalue weighted by atomic mass is 10.3. The van der Waals surface area contributed by atoms with Crippen LogP contribution in [0.4, 0.5) is 13.2 Å². The van der Waals surface area contributed by atoms with Gasteiger partial charge in [0.15, 0.2) is 6.10 Å². The van der Waals surface area contributed by atoms with Crippen LogP contribution in [-0.4, -0.2) is 32.0 Å². The van der Waals surface area contributed by atoms with Gasteiger partial charge in [0.25, 0.3) is 0 Å². The molecule has 0 amide bonds. The number of esters is 1. The van der Waals surface area contributed by atoms with Crippen molar-refractivity contribution in [3.05, 3.63) is 0 Å². The van der Waals surface area contributed by atoms with E-state index in [2.05, 4.69) is 4.74 Å². The van der Waals surface area contributed by atoms with E-state index in [9.17, 15) is 18.0 Å². The molecule has 0 aliphatic rings. The van der Waals surface area contributed by atoms with Crippen molar-refractivity contribution in [2.45, 2.75) is 32.0 Å². The molecule has 0 heterocycles. The van der Waals surface area contributed by atoms with E-state index in [1.54, 1.807) is 0 Å². The average Bonchev–Trinajstić information content (AvgIpc) is 2.09. The summed E-state index contributed by atoms with van der Waals surface area (Å²) in [5.74, 6) is -0.586. The summed E-state index contributed by atoms with van der Waals surface area (Å²) in [6, 6.07) is 0. The zero-order chi connectivity index (χ0) is 11.2. The second-order valence-corrected chi connectivity index (χ2v) is 2.75. The third kappa shape index (κ3) is 6.71. The predicted molar refractivity (Wildman–Crippen MR) is 42.7 cm³/mol. The lowest BCUT2D eigenvalue weighted by Crippen LogP contribution is -2.23. The Morgan fingerprint density at radius 2 is 2.00 bits per heavy atom. The van der Waals surface area contributed by atoms with E-state index >= 15 is 0 Å². The summed E-state index contributed by atoms with van der Waals surface area (Å²) < 4.78 is 44.1. The molecule has 0 aromatic heterocycles. The van der Waals surface area contributed by atoms with Crippen molar-refractivity contribution in [2.75, 3.05) is 13.7 Å². The number of carbonyl (C=O) groups excluding carboxylic acids is 1. The first-order valence-corrected chi connectivity index (χ1v) is 4.13. The summed E-state index contributed by atoms with van der Waals surface area (Å²) in [6.45, 7) is 1.33. The van der Waals surface area contributed by atoms with E-state index in [-0.39, 0.29) is 13.0 Å². The first kappa shape index (κ1) is 13.2. The molecule has 0 spiro atoms. The number of ether oxygens (including phenoxy) is 2. The minimum atomic E-state index is -4.17. The van der Waals surface area contributed by atoms with Crippen molar-refractivity contribution < 1.29 is 27.4 Å². The maximum atomic E-state index is 11.7. The van der Waals surface area contributed by atoms with Crippen molar-refractivity contribution in [1.82, 2.24) is 0 Å². The highest BCUT2D eigenvalue weighted by atomic mass is 19.4. The Labute approximate surface area is 80.2 Å². The van der Waals surface area contributed by atoms with Crippen molar-refractivity contribution in [3.63, 3.8) is 0 Å². The molecule has 84 valence electrons. The number of hydrogen-bond acceptors (Lipinski definition) is 3. The highest BCUT2D eigenvalue weighted by Crippen LogP contribution is 2.21. The highest BCUT2D eigenvalue weighted by Gasteiger charge is 2.26. The first-order valence-electron chi connectivity index (χ1n) is 4.13. The van der Waals surface area contributed by atoms with Gasteiger partial charge in [0.1, 0.15) is 0 Å². The standard InChI is InChI=1S/C8H13F3O3/c1-6(7(12)13-2)14-5-3-4-8(9,10)11/h6H,3-5H2,1-2H3. The molecule has 0 aliphatic heterocycles. The van der Waals surface area contributed by atoms with Crippen molar-refractivity contribution in [3.8, 4) is 0 Å². The molecule has 6 heteroatoms. The van der Waals surface area contributed by atoms with Crippen LogP contribution in [0.1, 0.15) is 19.8 Å². The lowest BCUT2D eigenvalue weighted by Gasteiger charge is -2.11. The third-order valence-corrected chi connectivity index (χ3v) is 1.51. The first-order chi connectivity index (χ1) is 6.37. The highest BCUT2D eigenvalue weighted by molar-refractivity contribution is 5.73. The van der Waals surface area contributed by atoms with Crippen LogP contribution in [0.5, 0.6) is 0 Å². The van der Waals surface area contributed by atoms with Crippen molar-refractivity contribution >= 4 is 5.97 Å². The van der Waals surface area contributed by atoms with Gasteiger partial charge in [-0.25, -0.2) is 4.79 Å². The molecule has 0 saturated carbocycles. The molecular weight excluding hydrogens is 201 g/mol. The van der Waals surface area contributed by atoms with E-state index in [4.69, 9.17) is 4.74 Å². The monoisotopic (exact) mass is 214 g/mol. The van der Waals surface area contributed by atoms with Crippen LogP contribution >= 0.6 is 0 Å². The zero-order valence-corrected chi connectivity index (χ0v) is 8.06. The van der Waals surface area contributed by atoms with Gasteiger partial charge in [-0.1, -0.05) is 0 Å². The van der Waals surface area contributed by atoms with Crippen LogP contribution in [0, 0.1) is 0 Å². The minimum absolute atomic E-state index is 0.101. The number of rotatable bonds is 5. The van der Waals surface area contributed by atoms with E-state index in [0.29, 0.717) is 0 Å². The van der Waals surface area contributed by atoms with E-state index in [1.807, 2.05) is 0 Å². The Hall–Kier alpha value is -0.780. The van der Waals surface area contributed by atoms with Crippen LogP contribution < -0.4 is 0 Å². The van der Waals surface area contributed by atoms with Crippen LogP contribution in [-0.2, 0) is 14.3 Å². The maximum Gasteiger partial charge on any atom is 0.389 e. The molecule has 0 bridgehead atoms. The average molecular weight is 214 g/mol. The summed E-state index contributed by atoms with van der Waals surface area (Å²) in [7, 11) is 1.19. The van der Waals surface area contributed by atoms with Gasteiger partial charge in [-0.05, 0) is 13.3 Å². The topological polar surface area (TPSA) is 35.5 Å². The zero-order valence-electron chi connectivity index (χ0n) is 8.06. The molecule has 0 fully saturated rings. The summed E-state index contributed by atoms with van der Waals surface area (Å²) in [5.41, 5.74) is 0. The Bertz CT molecular complexity index is 179. The Morgan fingerprint density at radius 1 is 1.43 bits per heavy atom. The van der Waals surface area contributed by atoms with Gasteiger partial charge in [0, 0.05) is 13.0 Å². The molecule has 1 atom stereocenters. The molecular formula is C8H13F3O3. The van der Waals surface area contributed by atoms with Crippen molar-refractivity contribution in [1.29, 1.82) is 0 Å². The Morgan fingerprint density at radius 3 is 2.43 bits per heavy atom. The number of alkyl halides is 3. The predicted octanol–water partition coefficient (Wildman–Crippen LogP) is 1.91. The molecule has 0 N–H and O–H groups in total. The minimum Gasteiger partial charge on any atom is -0.467 e. The van der Waals surface area contributed by atoms with E-state index < -0.39 is 24.7 Å². The molecule has 0 aromatic carbocycles. The normalized spacial score (nSPS) is 13.8. The van der Waals surface area contributed by atoms with E-state index in [0.717, 1.165) is 0 Å². The summed E-state index contributed by atoms with van der Waals surface area (Å²) in [6.07, 6.45) is -6.03. The van der Waals surface area contributed by atoms with Gasteiger partial charge < -0.3 is 9.47 Å². The van der Waals surface area contributed by atoms with Gasteiger partial charge in [-0.2, -0.15) is 13.2 Å². The number of hydrogen-bond donors (Lipinski definition) is 0. The molecule has 3 nitrogen and oxygen atoms in total. The molecule has 0 aliphatic carbocycles. The fourth-order valence-electron chi connectivity index (χ4n) is 0.767. The molecule has 14 heavy (non-hydrogen) atoms. The summed E-state index contributed by atoms with van der Waals surface area (Å²) in [5, 5.41) is 0. The molecule has 0 radical (unpaired) electrons. The van der Waals surface area contributed by atoms with Gasteiger partial charge in [-0.15, -0.1) is 0 Å². The number of halogens is 3. The van der Waals surface area contributed by atoms with Gasteiger partial charge >= 0.3 is 12.1 Å². The largest absolute Gasteiger partial charge is 0.467 e. The molecule has 0 rings (SSSR count). The van der Waals surface area contributed by atoms with E-state index in [1.165, 1.54) is 14.0 Å². The quantitative estimate of drug-likeness (QED) is 0.518. The summed E-state index contributed by atoms with van der Waals surface area (Å²) >= 11 is 0. The fraction of sp³-hybridized carbons (Fsp3) is 0.875. The second-order valence-electron chi connectivity index (χ2n) is 2.75. The smallest absolute Gasteiger partial charge is 0.389 e. The number of carbonyl (C=O) groups is 1. The number of methoxy groups -OCH3 is 1. The van der Waals surface area contributed by atoms with Gasteiger partial charge in [0.05, 0.1) is 7.11 Å². The Kier molecular flexibility index (Phi) is 5.52. The molecule has 1 unspecified atom stereocenters. The van der Waals surface area contributed by atoms with Crippen LogP contribution in [0.15, 0.2) is 0 Å². The summed E-state index contributed by atoms with van der Waals surface area (Å²) in [4.78, 5) is 10.7. The SMILES string of the molecule is COC(=O)C(C)OCCCC(F)(F)F.